The summed E-state index contributed by atoms with van der Waals surface area (Å²) in [4.78, 5) is 25.5. The van der Waals surface area contributed by atoms with E-state index in [1.165, 1.54) is 0 Å². The molecule has 0 aromatic heterocycles. The summed E-state index contributed by atoms with van der Waals surface area (Å²) >= 11 is 0. The first-order valence-electron chi connectivity index (χ1n) is 9.28. The van der Waals surface area contributed by atoms with Gasteiger partial charge < -0.3 is 19.3 Å². The molecule has 0 radical (unpaired) electrons. The SMILES string of the molecule is COc1cc(OC)cc(N(C[C@H]2CC[C@H](C(=O)O)CC2)C(=O)OC(C)C)c1. The predicted molar refractivity (Wildman–Crippen MR) is 102 cm³/mol. The number of carboxylic acid groups (broad SMARTS) is 1. The van der Waals surface area contributed by atoms with Gasteiger partial charge in [-0.05, 0) is 45.4 Å². The molecule has 150 valence electrons. The van der Waals surface area contributed by atoms with Crippen LogP contribution < -0.4 is 14.4 Å². The quantitative estimate of drug-likeness (QED) is 0.772. The predicted octanol–water partition coefficient (Wildman–Crippen LogP) is 3.95. The van der Waals surface area contributed by atoms with E-state index in [0.717, 1.165) is 12.8 Å². The molecule has 2 rings (SSSR count). The number of aliphatic carboxylic acids is 1. The number of hydrogen-bond donors (Lipinski definition) is 1. The molecule has 0 unspecified atom stereocenters. The van der Waals surface area contributed by atoms with Crippen LogP contribution in [0.5, 0.6) is 11.5 Å². The summed E-state index contributed by atoms with van der Waals surface area (Å²) in [5.74, 6) is 0.372. The van der Waals surface area contributed by atoms with Gasteiger partial charge in [-0.2, -0.15) is 0 Å². The third-order valence-corrected chi connectivity index (χ3v) is 4.84. The number of benzene rings is 1. The maximum Gasteiger partial charge on any atom is 0.414 e. The number of carbonyl (C=O) groups is 2. The van der Waals surface area contributed by atoms with Crippen molar-refractivity contribution in [1.29, 1.82) is 0 Å². The zero-order valence-electron chi connectivity index (χ0n) is 16.4. The van der Waals surface area contributed by atoms with Crippen molar-refractivity contribution in [2.45, 2.75) is 45.6 Å². The highest BCUT2D eigenvalue weighted by Gasteiger charge is 2.30. The van der Waals surface area contributed by atoms with Gasteiger partial charge in [-0.3, -0.25) is 9.69 Å². The van der Waals surface area contributed by atoms with Crippen LogP contribution in [-0.2, 0) is 9.53 Å². The summed E-state index contributed by atoms with van der Waals surface area (Å²) in [6, 6.07) is 5.29. The lowest BCUT2D eigenvalue weighted by Crippen LogP contribution is -2.38. The number of amides is 1. The standard InChI is InChI=1S/C20H29NO6/c1-13(2)27-20(24)21(12-14-5-7-15(8-6-14)19(22)23)16-9-17(25-3)11-18(10-16)26-4/h9-11,13-15H,5-8,12H2,1-4H3,(H,22,23)/t14-,15-. The summed E-state index contributed by atoms with van der Waals surface area (Å²) in [5, 5.41) is 9.17. The molecule has 7 heteroatoms. The van der Waals surface area contributed by atoms with Gasteiger partial charge in [0.05, 0.1) is 31.9 Å². The van der Waals surface area contributed by atoms with Crippen LogP contribution >= 0.6 is 0 Å². The second kappa shape index (κ2) is 9.48. The Morgan fingerprint density at radius 2 is 1.63 bits per heavy atom. The van der Waals surface area contributed by atoms with Crippen molar-refractivity contribution in [1.82, 2.24) is 0 Å². The van der Waals surface area contributed by atoms with Crippen molar-refractivity contribution in [3.05, 3.63) is 18.2 Å². The summed E-state index contributed by atoms with van der Waals surface area (Å²) < 4.78 is 16.1. The van der Waals surface area contributed by atoms with Gasteiger partial charge in [-0.1, -0.05) is 0 Å². The maximum atomic E-state index is 12.7. The third-order valence-electron chi connectivity index (χ3n) is 4.84. The average Bonchev–Trinajstić information content (AvgIpc) is 2.65. The highest BCUT2D eigenvalue weighted by Crippen LogP contribution is 2.33. The van der Waals surface area contributed by atoms with E-state index in [1.807, 2.05) is 0 Å². The number of hydrogen-bond acceptors (Lipinski definition) is 5. The number of carbonyl (C=O) groups excluding carboxylic acids is 1. The molecule has 1 fully saturated rings. The number of carboxylic acids is 1. The van der Waals surface area contributed by atoms with Crippen LogP contribution in [0.3, 0.4) is 0 Å². The third kappa shape index (κ3) is 5.77. The van der Waals surface area contributed by atoms with Crippen LogP contribution in [0.4, 0.5) is 10.5 Å². The number of methoxy groups -OCH3 is 2. The first-order chi connectivity index (χ1) is 12.8. The van der Waals surface area contributed by atoms with E-state index < -0.39 is 12.1 Å². The molecular formula is C20H29NO6. The van der Waals surface area contributed by atoms with E-state index in [0.29, 0.717) is 36.6 Å². The molecule has 0 aliphatic heterocycles. The van der Waals surface area contributed by atoms with E-state index in [2.05, 4.69) is 0 Å². The molecule has 0 heterocycles. The van der Waals surface area contributed by atoms with Crippen LogP contribution in [-0.4, -0.2) is 44.0 Å². The Labute approximate surface area is 160 Å². The minimum atomic E-state index is -0.734. The summed E-state index contributed by atoms with van der Waals surface area (Å²) in [5.41, 5.74) is 0.636. The number of ether oxygens (including phenoxy) is 3. The first kappa shape index (κ1) is 20.9. The minimum Gasteiger partial charge on any atom is -0.497 e. The van der Waals surface area contributed by atoms with Crippen molar-refractivity contribution in [2.24, 2.45) is 11.8 Å². The number of nitrogens with zero attached hydrogens (tertiary/aromatic N) is 1. The van der Waals surface area contributed by atoms with Crippen molar-refractivity contribution in [3.8, 4) is 11.5 Å². The second-order valence-electron chi connectivity index (χ2n) is 7.17. The molecule has 27 heavy (non-hydrogen) atoms. The van der Waals surface area contributed by atoms with Gasteiger partial charge in [0.1, 0.15) is 11.5 Å². The van der Waals surface area contributed by atoms with Crippen LogP contribution in [0.1, 0.15) is 39.5 Å². The summed E-state index contributed by atoms with van der Waals surface area (Å²) in [6.45, 7) is 4.08. The van der Waals surface area contributed by atoms with Crippen LogP contribution in [0.2, 0.25) is 0 Å². The van der Waals surface area contributed by atoms with E-state index in [9.17, 15) is 14.7 Å². The highest BCUT2D eigenvalue weighted by atomic mass is 16.6. The molecule has 0 atom stereocenters. The van der Waals surface area contributed by atoms with Gasteiger partial charge in [0.25, 0.3) is 0 Å². The maximum absolute atomic E-state index is 12.7. The van der Waals surface area contributed by atoms with E-state index in [1.54, 1.807) is 51.2 Å². The molecule has 0 saturated heterocycles. The van der Waals surface area contributed by atoms with Gasteiger partial charge >= 0.3 is 12.1 Å². The molecule has 0 spiro atoms. The normalized spacial score (nSPS) is 19.4. The van der Waals surface area contributed by atoms with Gasteiger partial charge in [-0.15, -0.1) is 0 Å². The largest absolute Gasteiger partial charge is 0.497 e. The molecule has 0 bridgehead atoms. The monoisotopic (exact) mass is 379 g/mol. The van der Waals surface area contributed by atoms with Gasteiger partial charge in [-0.25, -0.2) is 4.79 Å². The zero-order valence-corrected chi connectivity index (χ0v) is 16.4. The minimum absolute atomic E-state index is 0.220. The fourth-order valence-corrected chi connectivity index (χ4v) is 3.35. The van der Waals surface area contributed by atoms with Gasteiger partial charge in [0, 0.05) is 24.7 Å². The van der Waals surface area contributed by atoms with Crippen molar-refractivity contribution in [3.63, 3.8) is 0 Å². The smallest absolute Gasteiger partial charge is 0.414 e. The van der Waals surface area contributed by atoms with Crippen LogP contribution in [0.15, 0.2) is 18.2 Å². The Balaban J connectivity index is 2.22. The van der Waals surface area contributed by atoms with Gasteiger partial charge in [0.2, 0.25) is 0 Å². The molecule has 1 amide bonds. The van der Waals surface area contributed by atoms with Crippen molar-refractivity contribution < 1.29 is 28.9 Å². The molecule has 1 saturated carbocycles. The lowest BCUT2D eigenvalue weighted by atomic mass is 9.82. The lowest BCUT2D eigenvalue weighted by Gasteiger charge is -2.31. The Bertz CT molecular complexity index is 630. The fraction of sp³-hybridized carbons (Fsp3) is 0.600. The van der Waals surface area contributed by atoms with E-state index in [-0.39, 0.29) is 17.9 Å². The molecule has 7 nitrogen and oxygen atoms in total. The number of anilines is 1. The number of rotatable bonds is 7. The highest BCUT2D eigenvalue weighted by molar-refractivity contribution is 5.88. The topological polar surface area (TPSA) is 85.3 Å². The fourth-order valence-electron chi connectivity index (χ4n) is 3.35. The Morgan fingerprint density at radius 1 is 1.07 bits per heavy atom. The van der Waals surface area contributed by atoms with E-state index in [4.69, 9.17) is 14.2 Å². The molecule has 1 N–H and O–H groups in total. The summed E-state index contributed by atoms with van der Waals surface area (Å²) in [7, 11) is 3.12. The Morgan fingerprint density at radius 3 is 2.07 bits per heavy atom. The molecule has 1 aromatic carbocycles. The molecule has 1 aliphatic rings. The van der Waals surface area contributed by atoms with Crippen LogP contribution in [0.25, 0.3) is 0 Å². The molecule has 1 aromatic rings. The lowest BCUT2D eigenvalue weighted by molar-refractivity contribution is -0.143. The van der Waals surface area contributed by atoms with Gasteiger partial charge in [0.15, 0.2) is 0 Å². The molecular weight excluding hydrogens is 350 g/mol. The van der Waals surface area contributed by atoms with Crippen molar-refractivity contribution in [2.75, 3.05) is 25.7 Å². The Kier molecular flexibility index (Phi) is 7.33. The van der Waals surface area contributed by atoms with Crippen molar-refractivity contribution >= 4 is 17.7 Å². The first-order valence-corrected chi connectivity index (χ1v) is 9.28. The summed E-state index contributed by atoms with van der Waals surface area (Å²) in [6.07, 6.45) is 2.13. The van der Waals surface area contributed by atoms with E-state index >= 15 is 0 Å². The average molecular weight is 379 g/mol. The molecule has 1 aliphatic carbocycles. The second-order valence-corrected chi connectivity index (χ2v) is 7.17. The Hall–Kier alpha value is -2.44. The van der Waals surface area contributed by atoms with Crippen LogP contribution in [0, 0.1) is 11.8 Å². The zero-order chi connectivity index (χ0) is 20.0.